The van der Waals surface area contributed by atoms with E-state index in [1.54, 1.807) is 0 Å². The predicted molar refractivity (Wildman–Crippen MR) is 152 cm³/mol. The number of halogens is 8. The first-order valence-electron chi connectivity index (χ1n) is 13.0. The average Bonchev–Trinajstić information content (AvgIpc) is 3.61. The van der Waals surface area contributed by atoms with Crippen molar-refractivity contribution in [2.75, 3.05) is 22.6 Å². The summed E-state index contributed by atoms with van der Waals surface area (Å²) in [6, 6.07) is 10.2. The van der Waals surface area contributed by atoms with Gasteiger partial charge >= 0.3 is 18.6 Å². The Morgan fingerprint density at radius 1 is 1.00 bits per heavy atom. The number of alkyl halides is 6. The lowest BCUT2D eigenvalue weighted by Gasteiger charge is -2.20. The second-order valence-electron chi connectivity index (χ2n) is 9.47. The summed E-state index contributed by atoms with van der Waals surface area (Å²) in [5, 5.41) is 6.16. The highest BCUT2D eigenvalue weighted by Gasteiger charge is 2.33. The standard InChI is InChI=1S/C28H18F8N6O4S/c29-17-4-1-16(11-45-13-27(31,32)33)22(9-17)42-23(43)12-47-26(42)39-25(44)38-21-8-5-18(10-20(21)30)41-14-37-24(40-41)15-2-6-19(7-3-15)46-28(34,35)36/h1-10,14H,11-13H2,(H,38,44)/b39-26-. The van der Waals surface area contributed by atoms with Gasteiger partial charge in [-0.1, -0.05) is 17.8 Å². The quantitative estimate of drug-likeness (QED) is 0.202. The molecule has 4 aromatic rings. The fourth-order valence-electron chi connectivity index (χ4n) is 4.13. The summed E-state index contributed by atoms with van der Waals surface area (Å²) in [4.78, 5) is 34.1. The van der Waals surface area contributed by atoms with E-state index < -0.39 is 55.1 Å². The van der Waals surface area contributed by atoms with Crippen LogP contribution >= 0.6 is 11.8 Å². The number of amidine groups is 1. The maximum absolute atomic E-state index is 15.0. The number of thioether (sulfide) groups is 1. The first-order chi connectivity index (χ1) is 22.1. The molecule has 246 valence electrons. The Hall–Kier alpha value is -5.04. The largest absolute Gasteiger partial charge is 0.573 e. The molecule has 47 heavy (non-hydrogen) atoms. The number of hydrogen-bond acceptors (Lipinski definition) is 7. The molecule has 0 radical (unpaired) electrons. The zero-order valence-corrected chi connectivity index (χ0v) is 24.1. The van der Waals surface area contributed by atoms with E-state index in [1.807, 2.05) is 0 Å². The summed E-state index contributed by atoms with van der Waals surface area (Å²) < 4.78 is 114. The summed E-state index contributed by atoms with van der Waals surface area (Å²) in [5.74, 6) is -2.94. The topological polar surface area (TPSA) is 111 Å². The number of aliphatic imine (C=N–C) groups is 1. The van der Waals surface area contributed by atoms with E-state index in [-0.39, 0.29) is 39.4 Å². The minimum absolute atomic E-state index is 0.0185. The van der Waals surface area contributed by atoms with Gasteiger partial charge in [0.05, 0.1) is 29.4 Å². The van der Waals surface area contributed by atoms with Crippen molar-refractivity contribution in [2.45, 2.75) is 19.1 Å². The van der Waals surface area contributed by atoms with Gasteiger partial charge in [0, 0.05) is 17.2 Å². The van der Waals surface area contributed by atoms with Gasteiger partial charge in [-0.2, -0.15) is 18.2 Å². The first-order valence-corrected chi connectivity index (χ1v) is 14.0. The molecule has 10 nitrogen and oxygen atoms in total. The Morgan fingerprint density at radius 3 is 2.43 bits per heavy atom. The maximum Gasteiger partial charge on any atom is 0.573 e. The highest BCUT2D eigenvalue weighted by molar-refractivity contribution is 8.15. The molecule has 1 aliphatic heterocycles. The highest BCUT2D eigenvalue weighted by atomic mass is 32.2. The average molecular weight is 687 g/mol. The Balaban J connectivity index is 1.29. The Bertz CT molecular complexity index is 1830. The third kappa shape index (κ3) is 8.61. The highest BCUT2D eigenvalue weighted by Crippen LogP contribution is 2.32. The number of carbonyl (C=O) groups is 2. The molecule has 0 bridgehead atoms. The molecule has 0 saturated carbocycles. The molecule has 19 heteroatoms. The molecule has 1 aliphatic rings. The fraction of sp³-hybridized carbons (Fsp3) is 0.179. The van der Waals surface area contributed by atoms with Crippen LogP contribution in [0.5, 0.6) is 5.75 Å². The van der Waals surface area contributed by atoms with E-state index in [0.717, 1.165) is 53.1 Å². The van der Waals surface area contributed by atoms with Crippen LogP contribution in [0.1, 0.15) is 5.56 Å². The second-order valence-corrected chi connectivity index (χ2v) is 10.4. The van der Waals surface area contributed by atoms with Crippen LogP contribution in [0, 0.1) is 11.6 Å². The zero-order valence-electron chi connectivity index (χ0n) is 23.3. The van der Waals surface area contributed by atoms with E-state index in [9.17, 15) is 44.7 Å². The van der Waals surface area contributed by atoms with Crippen LogP contribution in [0.25, 0.3) is 17.1 Å². The lowest BCUT2D eigenvalue weighted by molar-refractivity contribution is -0.274. The molecule has 1 saturated heterocycles. The van der Waals surface area contributed by atoms with Gasteiger partial charge in [0.2, 0.25) is 5.91 Å². The number of rotatable bonds is 8. The van der Waals surface area contributed by atoms with Crippen LogP contribution in [0.2, 0.25) is 0 Å². The molecule has 3 aromatic carbocycles. The van der Waals surface area contributed by atoms with E-state index in [0.29, 0.717) is 5.56 Å². The number of carbonyl (C=O) groups excluding carboxylic acids is 2. The third-order valence-electron chi connectivity index (χ3n) is 6.07. The third-order valence-corrected chi connectivity index (χ3v) is 6.99. The number of urea groups is 1. The molecule has 3 amide bonds. The summed E-state index contributed by atoms with van der Waals surface area (Å²) in [6.45, 7) is -2.21. The lowest BCUT2D eigenvalue weighted by Crippen LogP contribution is -2.31. The molecule has 2 heterocycles. The maximum atomic E-state index is 15.0. The number of amides is 3. The van der Waals surface area contributed by atoms with E-state index in [2.05, 4.69) is 29.9 Å². The van der Waals surface area contributed by atoms with Gasteiger partial charge in [-0.15, -0.1) is 18.3 Å². The molecule has 1 N–H and O–H groups in total. The summed E-state index contributed by atoms with van der Waals surface area (Å²) in [7, 11) is 0. The number of aromatic nitrogens is 3. The fourth-order valence-corrected chi connectivity index (χ4v) is 4.99. The summed E-state index contributed by atoms with van der Waals surface area (Å²) in [5.41, 5.74) is 0.0268. The number of nitrogens with one attached hydrogen (secondary N) is 1. The molecule has 1 fully saturated rings. The number of benzene rings is 3. The van der Waals surface area contributed by atoms with Crippen molar-refractivity contribution in [1.82, 2.24) is 14.8 Å². The molecular weight excluding hydrogens is 668 g/mol. The van der Waals surface area contributed by atoms with E-state index in [1.165, 1.54) is 35.3 Å². The zero-order chi connectivity index (χ0) is 33.9. The van der Waals surface area contributed by atoms with Gasteiger partial charge in [-0.25, -0.2) is 23.2 Å². The summed E-state index contributed by atoms with van der Waals surface area (Å²) >= 11 is 0.795. The number of ether oxygens (including phenoxy) is 2. The van der Waals surface area contributed by atoms with Crippen LogP contribution < -0.4 is 15.0 Å². The summed E-state index contributed by atoms with van der Waals surface area (Å²) in [6.07, 6.45) is -8.25. The normalized spacial score (nSPS) is 14.6. The van der Waals surface area contributed by atoms with E-state index >= 15 is 0 Å². The van der Waals surface area contributed by atoms with Crippen molar-refractivity contribution >= 4 is 40.2 Å². The van der Waals surface area contributed by atoms with Gasteiger partial charge < -0.3 is 14.8 Å². The Kier molecular flexibility index (Phi) is 9.48. The predicted octanol–water partition coefficient (Wildman–Crippen LogP) is 6.86. The van der Waals surface area contributed by atoms with Crippen molar-refractivity contribution in [3.63, 3.8) is 0 Å². The lowest BCUT2D eigenvalue weighted by atomic mass is 10.1. The van der Waals surface area contributed by atoms with Crippen LogP contribution in [0.3, 0.4) is 0 Å². The number of anilines is 2. The molecule has 0 aliphatic carbocycles. The molecule has 1 aromatic heterocycles. The molecular formula is C28H18F8N6O4S. The SMILES string of the molecule is O=C(/N=C1\SCC(=O)N1c1cc(F)ccc1COCC(F)(F)F)Nc1ccc(-n2cnc(-c3ccc(OC(F)(F)F)cc3)n2)cc1F. The van der Waals surface area contributed by atoms with Crippen molar-refractivity contribution in [3.8, 4) is 22.8 Å². The van der Waals surface area contributed by atoms with Crippen molar-refractivity contribution < 1.29 is 54.2 Å². The molecule has 5 rings (SSSR count). The Labute approximate surface area is 263 Å². The molecule has 0 unspecified atom stereocenters. The number of nitrogens with zero attached hydrogens (tertiary/aromatic N) is 5. The van der Waals surface area contributed by atoms with Crippen molar-refractivity contribution in [2.24, 2.45) is 4.99 Å². The van der Waals surface area contributed by atoms with Crippen molar-refractivity contribution in [1.29, 1.82) is 0 Å². The first kappa shape index (κ1) is 33.3. The van der Waals surface area contributed by atoms with Gasteiger partial charge in [-0.3, -0.25) is 9.69 Å². The number of hydrogen-bond donors (Lipinski definition) is 1. The minimum atomic E-state index is -4.86. The van der Waals surface area contributed by atoms with Crippen LogP contribution in [0.4, 0.5) is 51.3 Å². The smallest absolute Gasteiger partial charge is 0.406 e. The van der Waals surface area contributed by atoms with Gasteiger partial charge in [0.1, 0.15) is 30.3 Å². The van der Waals surface area contributed by atoms with Crippen LogP contribution in [-0.2, 0) is 16.1 Å². The van der Waals surface area contributed by atoms with Gasteiger partial charge in [0.25, 0.3) is 0 Å². The van der Waals surface area contributed by atoms with Gasteiger partial charge in [-0.05, 0) is 48.5 Å². The monoisotopic (exact) mass is 686 g/mol. The molecule has 0 spiro atoms. The van der Waals surface area contributed by atoms with Gasteiger partial charge in [0.15, 0.2) is 11.0 Å². The Morgan fingerprint density at radius 2 is 1.74 bits per heavy atom. The minimum Gasteiger partial charge on any atom is -0.406 e. The van der Waals surface area contributed by atoms with E-state index in [4.69, 9.17) is 0 Å². The van der Waals surface area contributed by atoms with Crippen LogP contribution in [-0.4, -0.2) is 56.8 Å². The second kappa shape index (κ2) is 13.4. The van der Waals surface area contributed by atoms with Crippen LogP contribution in [0.15, 0.2) is 72.0 Å². The molecule has 0 atom stereocenters. The van der Waals surface area contributed by atoms with Crippen molar-refractivity contribution in [3.05, 3.63) is 84.2 Å².